The van der Waals surface area contributed by atoms with Gasteiger partial charge in [0.05, 0.1) is 23.5 Å². The van der Waals surface area contributed by atoms with Gasteiger partial charge in [-0.2, -0.15) is 5.10 Å². The topological polar surface area (TPSA) is 110 Å². The first-order chi connectivity index (χ1) is 15.2. The number of fused-ring (bicyclic) bond motifs is 1. The first kappa shape index (κ1) is 22.1. The average molecular weight is 441 g/mol. The van der Waals surface area contributed by atoms with Crippen molar-refractivity contribution in [2.45, 2.75) is 84.2 Å². The van der Waals surface area contributed by atoms with Gasteiger partial charge in [-0.1, -0.05) is 12.8 Å². The second-order valence-electron chi connectivity index (χ2n) is 9.45. The number of hydrogen-bond acceptors (Lipinski definition) is 6. The smallest absolute Gasteiger partial charge is 0.407 e. The number of aryl methyl sites for hydroxylation is 1. The van der Waals surface area contributed by atoms with E-state index in [1.54, 1.807) is 6.20 Å². The van der Waals surface area contributed by atoms with Gasteiger partial charge in [0.25, 0.3) is 5.91 Å². The summed E-state index contributed by atoms with van der Waals surface area (Å²) in [5.74, 6) is 0.586. The number of carbonyl (C=O) groups excluding carboxylic acids is 2. The van der Waals surface area contributed by atoms with Gasteiger partial charge in [-0.3, -0.25) is 9.48 Å². The number of hydrogen-bond donors (Lipinski definition) is 3. The molecule has 2 aromatic rings. The normalized spacial score (nSPS) is 20.4. The Morgan fingerprint density at radius 3 is 2.72 bits per heavy atom. The van der Waals surface area contributed by atoms with E-state index in [-0.39, 0.29) is 18.0 Å². The summed E-state index contributed by atoms with van der Waals surface area (Å²) < 4.78 is 7.27. The molecule has 1 aliphatic carbocycles. The van der Waals surface area contributed by atoms with Crippen LogP contribution in [0.25, 0.3) is 11.3 Å². The molecular formula is C23H32N6O3. The van der Waals surface area contributed by atoms with Crippen LogP contribution in [0.15, 0.2) is 18.5 Å². The lowest BCUT2D eigenvalue weighted by Crippen LogP contribution is -2.49. The van der Waals surface area contributed by atoms with Crippen molar-refractivity contribution >= 4 is 17.8 Å². The van der Waals surface area contributed by atoms with Crippen molar-refractivity contribution in [1.82, 2.24) is 25.4 Å². The van der Waals surface area contributed by atoms with Crippen LogP contribution in [0.3, 0.4) is 0 Å². The Bertz CT molecular complexity index is 1010. The Kier molecular flexibility index (Phi) is 6.08. The van der Waals surface area contributed by atoms with Gasteiger partial charge in [-0.25, -0.2) is 9.78 Å². The molecule has 4 rings (SSSR count). The molecule has 32 heavy (non-hydrogen) atoms. The highest BCUT2D eigenvalue weighted by molar-refractivity contribution is 6.04. The molecule has 3 heterocycles. The van der Waals surface area contributed by atoms with Gasteiger partial charge in [0.15, 0.2) is 0 Å². The molecule has 1 fully saturated rings. The zero-order valence-corrected chi connectivity index (χ0v) is 19.2. The van der Waals surface area contributed by atoms with Crippen LogP contribution in [0, 0.1) is 0 Å². The monoisotopic (exact) mass is 440 g/mol. The van der Waals surface area contributed by atoms with Crippen LogP contribution >= 0.6 is 0 Å². The fraction of sp³-hybridized carbons (Fsp3) is 0.565. The van der Waals surface area contributed by atoms with Crippen LogP contribution in [0.4, 0.5) is 10.6 Å². The quantitative estimate of drug-likeness (QED) is 0.657. The third-order valence-corrected chi connectivity index (χ3v) is 5.80. The Labute approximate surface area is 188 Å². The molecule has 0 saturated heterocycles. The maximum atomic E-state index is 12.5. The first-order valence-electron chi connectivity index (χ1n) is 11.3. The van der Waals surface area contributed by atoms with E-state index in [4.69, 9.17) is 9.72 Å². The maximum Gasteiger partial charge on any atom is 0.407 e. The minimum Gasteiger partial charge on any atom is -0.444 e. The van der Waals surface area contributed by atoms with E-state index in [1.165, 1.54) is 0 Å². The van der Waals surface area contributed by atoms with Crippen LogP contribution in [0.1, 0.15) is 69.3 Å². The molecule has 9 nitrogen and oxygen atoms in total. The van der Waals surface area contributed by atoms with E-state index in [0.717, 1.165) is 43.4 Å². The predicted octanol–water partition coefficient (Wildman–Crippen LogP) is 3.46. The molecule has 0 aromatic carbocycles. The molecule has 2 amide bonds. The number of nitrogens with one attached hydrogen (secondary N) is 3. The van der Waals surface area contributed by atoms with Gasteiger partial charge in [0, 0.05) is 30.9 Å². The summed E-state index contributed by atoms with van der Waals surface area (Å²) in [5, 5.41) is 13.8. The number of nitrogens with zero attached hydrogens (tertiary/aromatic N) is 3. The van der Waals surface area contributed by atoms with Crippen LogP contribution < -0.4 is 16.0 Å². The second kappa shape index (κ2) is 8.80. The lowest BCUT2D eigenvalue weighted by Gasteiger charge is -2.34. The third kappa shape index (κ3) is 4.87. The predicted molar refractivity (Wildman–Crippen MR) is 121 cm³/mol. The van der Waals surface area contributed by atoms with Crippen LogP contribution in [-0.4, -0.2) is 44.4 Å². The van der Waals surface area contributed by atoms with Crippen molar-refractivity contribution < 1.29 is 14.3 Å². The highest BCUT2D eigenvalue weighted by atomic mass is 16.6. The summed E-state index contributed by atoms with van der Waals surface area (Å²) in [7, 11) is 0. The van der Waals surface area contributed by atoms with E-state index >= 15 is 0 Å². The van der Waals surface area contributed by atoms with Gasteiger partial charge in [-0.15, -0.1) is 0 Å². The summed E-state index contributed by atoms with van der Waals surface area (Å²) >= 11 is 0. The third-order valence-electron chi connectivity index (χ3n) is 5.80. The minimum absolute atomic E-state index is 0.0260. The van der Waals surface area contributed by atoms with Gasteiger partial charge in [0.1, 0.15) is 11.4 Å². The van der Waals surface area contributed by atoms with Crippen LogP contribution in [0.2, 0.25) is 0 Å². The number of aromatic nitrogens is 3. The highest BCUT2D eigenvalue weighted by Gasteiger charge is 2.31. The lowest BCUT2D eigenvalue weighted by molar-refractivity contribution is 0.0488. The standard InChI is InChI=1S/C23H32N6O3/c1-5-29-13-15(12-25-29)20-19-14(11-24-21(19)30)10-18(28-20)26-16-8-6-7-9-17(16)27-22(31)32-23(2,3)4/h10,12-13,16-17H,5-9,11H2,1-4H3,(H,24,30)(H,26,28)(H,27,31)/t16-,17+/m1/s1. The Morgan fingerprint density at radius 1 is 1.28 bits per heavy atom. The summed E-state index contributed by atoms with van der Waals surface area (Å²) in [6, 6.07) is 1.90. The van der Waals surface area contributed by atoms with Gasteiger partial charge >= 0.3 is 6.09 Å². The number of amides is 2. The molecule has 3 N–H and O–H groups in total. The van der Waals surface area contributed by atoms with Crippen molar-refractivity contribution in [2.24, 2.45) is 0 Å². The van der Waals surface area contributed by atoms with Gasteiger partial charge < -0.3 is 20.7 Å². The molecule has 9 heteroatoms. The first-order valence-corrected chi connectivity index (χ1v) is 11.3. The molecule has 1 aliphatic heterocycles. The fourth-order valence-electron chi connectivity index (χ4n) is 4.32. The Balaban J connectivity index is 1.58. The minimum atomic E-state index is -0.541. The molecule has 2 aliphatic rings. The van der Waals surface area contributed by atoms with Crippen molar-refractivity contribution in [3.8, 4) is 11.3 Å². The Morgan fingerprint density at radius 2 is 2.03 bits per heavy atom. The van der Waals surface area contributed by atoms with Crippen molar-refractivity contribution in [2.75, 3.05) is 5.32 Å². The summed E-state index contributed by atoms with van der Waals surface area (Å²) in [4.78, 5) is 29.6. The van der Waals surface area contributed by atoms with Gasteiger partial charge in [0.2, 0.25) is 0 Å². The van der Waals surface area contributed by atoms with Crippen molar-refractivity contribution in [3.63, 3.8) is 0 Å². The molecule has 0 bridgehead atoms. The molecule has 0 unspecified atom stereocenters. The molecule has 172 valence electrons. The molecular weight excluding hydrogens is 408 g/mol. The number of pyridine rings is 1. The van der Waals surface area contributed by atoms with E-state index in [2.05, 4.69) is 21.0 Å². The summed E-state index contributed by atoms with van der Waals surface area (Å²) in [6.07, 6.45) is 7.17. The zero-order chi connectivity index (χ0) is 22.9. The molecule has 2 aromatic heterocycles. The van der Waals surface area contributed by atoms with E-state index in [1.807, 2.05) is 44.6 Å². The number of anilines is 1. The Hall–Kier alpha value is -3.10. The second-order valence-corrected chi connectivity index (χ2v) is 9.45. The molecule has 0 radical (unpaired) electrons. The van der Waals surface area contributed by atoms with Crippen LogP contribution in [-0.2, 0) is 17.8 Å². The number of rotatable bonds is 5. The largest absolute Gasteiger partial charge is 0.444 e. The van der Waals surface area contributed by atoms with E-state index in [9.17, 15) is 9.59 Å². The average Bonchev–Trinajstić information content (AvgIpc) is 3.35. The van der Waals surface area contributed by atoms with Crippen molar-refractivity contribution in [1.29, 1.82) is 0 Å². The highest BCUT2D eigenvalue weighted by Crippen LogP contribution is 2.31. The summed E-state index contributed by atoms with van der Waals surface area (Å²) in [5.41, 5.74) is 2.43. The SMILES string of the molecule is CCn1cc(-c2nc(N[C@@H]3CCCC[C@@H]3NC(=O)OC(C)(C)C)cc3c2C(=O)NC3)cn1. The lowest BCUT2D eigenvalue weighted by atomic mass is 9.90. The van der Waals surface area contributed by atoms with Crippen LogP contribution in [0.5, 0.6) is 0 Å². The summed E-state index contributed by atoms with van der Waals surface area (Å²) in [6.45, 7) is 8.80. The van der Waals surface area contributed by atoms with Crippen molar-refractivity contribution in [3.05, 3.63) is 29.6 Å². The van der Waals surface area contributed by atoms with E-state index in [0.29, 0.717) is 23.6 Å². The fourth-order valence-corrected chi connectivity index (χ4v) is 4.32. The zero-order valence-electron chi connectivity index (χ0n) is 19.2. The maximum absolute atomic E-state index is 12.5. The molecule has 2 atom stereocenters. The number of ether oxygens (including phenoxy) is 1. The molecule has 1 saturated carbocycles. The molecule has 0 spiro atoms. The van der Waals surface area contributed by atoms with E-state index < -0.39 is 11.7 Å². The number of carbonyl (C=O) groups is 2. The number of alkyl carbamates (subject to hydrolysis) is 1. The van der Waals surface area contributed by atoms with Gasteiger partial charge in [-0.05, 0) is 52.2 Å².